The van der Waals surface area contributed by atoms with E-state index in [1.807, 2.05) is 0 Å². The van der Waals surface area contributed by atoms with Crippen molar-refractivity contribution in [2.75, 3.05) is 6.61 Å². The number of ether oxygens (including phenoxy) is 3. The molecule has 168 valence electrons. The van der Waals surface area contributed by atoms with E-state index in [1.165, 1.54) is 18.2 Å². The highest BCUT2D eigenvalue weighted by molar-refractivity contribution is 5.51. The third-order valence-electron chi connectivity index (χ3n) is 5.55. The quantitative estimate of drug-likeness (QED) is 0.337. The number of hydrogen-bond acceptors (Lipinski definition) is 10. The van der Waals surface area contributed by atoms with Gasteiger partial charge in [-0.15, -0.1) is 0 Å². The summed E-state index contributed by atoms with van der Waals surface area (Å²) in [5.74, 6) is -0.110. The van der Waals surface area contributed by atoms with E-state index >= 15 is 0 Å². The third-order valence-corrected chi connectivity index (χ3v) is 5.55. The van der Waals surface area contributed by atoms with E-state index < -0.39 is 49.5 Å². The number of fused-ring (bicyclic) bond motifs is 1. The first-order valence-electron chi connectivity index (χ1n) is 9.75. The van der Waals surface area contributed by atoms with E-state index in [1.54, 1.807) is 12.1 Å². The molecule has 2 aromatic rings. The van der Waals surface area contributed by atoms with Crippen LogP contribution in [0.15, 0.2) is 36.4 Å². The van der Waals surface area contributed by atoms with E-state index in [0.717, 1.165) is 6.07 Å². The van der Waals surface area contributed by atoms with Gasteiger partial charge in [0, 0.05) is 24.1 Å². The SMILES string of the molecule is OC[C@H]1O[C@@H](O[C@@H]2Cc3c(O)cc(O)cc3O[C@H]2c2ccc(O)cc2)[C@H](O)[C@@H](O)[C@@H]1O. The van der Waals surface area contributed by atoms with Crippen molar-refractivity contribution in [1.82, 2.24) is 0 Å². The van der Waals surface area contributed by atoms with Gasteiger partial charge in [0.1, 0.15) is 53.5 Å². The molecule has 31 heavy (non-hydrogen) atoms. The standard InChI is InChI=1S/C21H24O10/c22-8-16-17(26)18(27)19(28)21(31-16)30-15-7-12-13(25)5-11(24)6-14(12)29-20(15)9-1-3-10(23)4-2-9/h1-6,15-28H,7-8H2/t15-,16-,17-,18+,19-,20+,21-/m1/s1. The molecule has 0 spiro atoms. The van der Waals surface area contributed by atoms with Crippen LogP contribution in [-0.2, 0) is 15.9 Å². The molecular weight excluding hydrogens is 412 g/mol. The van der Waals surface area contributed by atoms with Crippen molar-refractivity contribution in [1.29, 1.82) is 0 Å². The van der Waals surface area contributed by atoms with Gasteiger partial charge in [0.05, 0.1) is 6.61 Å². The molecule has 0 unspecified atom stereocenters. The smallest absolute Gasteiger partial charge is 0.187 e. The van der Waals surface area contributed by atoms with Crippen LogP contribution in [0.5, 0.6) is 23.0 Å². The van der Waals surface area contributed by atoms with Crippen molar-refractivity contribution in [2.45, 2.75) is 49.3 Å². The Bertz CT molecular complexity index is 915. The number of rotatable bonds is 4. The molecule has 1 saturated heterocycles. The minimum Gasteiger partial charge on any atom is -0.508 e. The molecule has 10 heteroatoms. The van der Waals surface area contributed by atoms with E-state index in [-0.39, 0.29) is 29.4 Å². The van der Waals surface area contributed by atoms with Crippen LogP contribution in [0.1, 0.15) is 17.2 Å². The highest BCUT2D eigenvalue weighted by Crippen LogP contribution is 2.43. The second kappa shape index (κ2) is 8.50. The van der Waals surface area contributed by atoms with Crippen LogP contribution in [0.25, 0.3) is 0 Å². The van der Waals surface area contributed by atoms with Crippen molar-refractivity contribution in [2.24, 2.45) is 0 Å². The maximum Gasteiger partial charge on any atom is 0.187 e. The van der Waals surface area contributed by atoms with Crippen molar-refractivity contribution in [3.05, 3.63) is 47.5 Å². The summed E-state index contributed by atoms with van der Waals surface area (Å²) in [5.41, 5.74) is 0.961. The van der Waals surface area contributed by atoms with Crippen LogP contribution in [0.4, 0.5) is 0 Å². The van der Waals surface area contributed by atoms with Crippen LogP contribution >= 0.6 is 0 Å². The topological polar surface area (TPSA) is 169 Å². The monoisotopic (exact) mass is 436 g/mol. The van der Waals surface area contributed by atoms with Gasteiger partial charge >= 0.3 is 0 Å². The van der Waals surface area contributed by atoms with E-state index in [9.17, 15) is 35.7 Å². The minimum absolute atomic E-state index is 0.0432. The predicted octanol–water partition coefficient (Wildman–Crippen LogP) is -0.335. The lowest BCUT2D eigenvalue weighted by atomic mass is 9.93. The van der Waals surface area contributed by atoms with E-state index in [2.05, 4.69) is 0 Å². The average molecular weight is 436 g/mol. The van der Waals surface area contributed by atoms with Crippen LogP contribution in [-0.4, -0.2) is 79.2 Å². The summed E-state index contributed by atoms with van der Waals surface area (Å²) in [6.45, 7) is -0.601. The Morgan fingerprint density at radius 1 is 0.903 bits per heavy atom. The molecule has 0 amide bonds. The summed E-state index contributed by atoms with van der Waals surface area (Å²) in [6, 6.07) is 8.65. The van der Waals surface area contributed by atoms with Crippen molar-refractivity contribution in [3.63, 3.8) is 0 Å². The highest BCUT2D eigenvalue weighted by Gasteiger charge is 2.46. The first-order chi connectivity index (χ1) is 14.8. The Kier molecular flexibility index (Phi) is 5.93. The summed E-state index contributed by atoms with van der Waals surface area (Å²) in [6.07, 6.45) is -8.80. The number of phenolic OH excluding ortho intramolecular Hbond substituents is 3. The fourth-order valence-corrected chi connectivity index (χ4v) is 3.87. The molecule has 2 heterocycles. The Morgan fingerprint density at radius 2 is 1.61 bits per heavy atom. The number of aromatic hydroxyl groups is 3. The lowest BCUT2D eigenvalue weighted by molar-refractivity contribution is -0.317. The number of phenols is 3. The van der Waals surface area contributed by atoms with Gasteiger partial charge in [0.2, 0.25) is 0 Å². The molecule has 10 nitrogen and oxygen atoms in total. The maximum atomic E-state index is 10.3. The summed E-state index contributed by atoms with van der Waals surface area (Å²) in [7, 11) is 0. The molecule has 4 rings (SSSR count). The summed E-state index contributed by atoms with van der Waals surface area (Å²) in [5, 5.41) is 69.4. The Labute approximate surface area is 177 Å². The first-order valence-corrected chi connectivity index (χ1v) is 9.75. The van der Waals surface area contributed by atoms with Gasteiger partial charge in [0.25, 0.3) is 0 Å². The van der Waals surface area contributed by atoms with E-state index in [0.29, 0.717) is 11.1 Å². The van der Waals surface area contributed by atoms with Gasteiger partial charge in [-0.1, -0.05) is 12.1 Å². The maximum absolute atomic E-state index is 10.3. The highest BCUT2D eigenvalue weighted by atomic mass is 16.7. The van der Waals surface area contributed by atoms with Gasteiger partial charge < -0.3 is 50.0 Å². The Morgan fingerprint density at radius 3 is 2.29 bits per heavy atom. The van der Waals surface area contributed by atoms with Crippen molar-refractivity contribution >= 4 is 0 Å². The van der Waals surface area contributed by atoms with Crippen molar-refractivity contribution in [3.8, 4) is 23.0 Å². The molecule has 0 bridgehead atoms. The number of hydrogen-bond donors (Lipinski definition) is 7. The number of aliphatic hydroxyl groups excluding tert-OH is 4. The molecule has 0 aliphatic carbocycles. The average Bonchev–Trinajstić information content (AvgIpc) is 2.74. The van der Waals surface area contributed by atoms with Crippen LogP contribution in [0.2, 0.25) is 0 Å². The summed E-state index contributed by atoms with van der Waals surface area (Å²) >= 11 is 0. The lowest BCUT2D eigenvalue weighted by Crippen LogP contribution is -2.60. The second-order valence-electron chi connectivity index (χ2n) is 7.65. The fraction of sp³-hybridized carbons (Fsp3) is 0.429. The summed E-state index contributed by atoms with van der Waals surface area (Å²) in [4.78, 5) is 0. The molecule has 7 atom stereocenters. The van der Waals surface area contributed by atoms with Crippen LogP contribution < -0.4 is 4.74 Å². The largest absolute Gasteiger partial charge is 0.508 e. The van der Waals surface area contributed by atoms with Crippen molar-refractivity contribution < 1.29 is 50.0 Å². The fourth-order valence-electron chi connectivity index (χ4n) is 3.87. The molecular formula is C21H24O10. The lowest BCUT2D eigenvalue weighted by Gasteiger charge is -2.43. The number of benzene rings is 2. The number of aliphatic hydroxyl groups is 4. The minimum atomic E-state index is -1.61. The van der Waals surface area contributed by atoms with Crippen LogP contribution in [0.3, 0.4) is 0 Å². The van der Waals surface area contributed by atoms with Crippen LogP contribution in [0, 0.1) is 0 Å². The first kappa shape index (κ1) is 21.6. The Hall–Kier alpha value is -2.60. The zero-order valence-electron chi connectivity index (χ0n) is 16.3. The second-order valence-corrected chi connectivity index (χ2v) is 7.65. The van der Waals surface area contributed by atoms with Gasteiger partial charge in [-0.05, 0) is 17.7 Å². The van der Waals surface area contributed by atoms with Gasteiger partial charge in [-0.2, -0.15) is 0 Å². The zero-order valence-corrected chi connectivity index (χ0v) is 16.3. The zero-order chi connectivity index (χ0) is 22.3. The van der Waals surface area contributed by atoms with Gasteiger partial charge in [-0.25, -0.2) is 0 Å². The van der Waals surface area contributed by atoms with E-state index in [4.69, 9.17) is 14.2 Å². The molecule has 1 fully saturated rings. The third kappa shape index (κ3) is 4.13. The predicted molar refractivity (Wildman–Crippen MR) is 104 cm³/mol. The molecule has 2 aromatic carbocycles. The molecule has 2 aliphatic heterocycles. The van der Waals surface area contributed by atoms with Gasteiger partial charge in [0.15, 0.2) is 12.4 Å². The molecule has 0 saturated carbocycles. The molecule has 0 radical (unpaired) electrons. The van der Waals surface area contributed by atoms with Gasteiger partial charge in [-0.3, -0.25) is 0 Å². The molecule has 2 aliphatic rings. The molecule has 7 N–H and O–H groups in total. The summed E-state index contributed by atoms with van der Waals surface area (Å²) < 4.78 is 17.3. The Balaban J connectivity index is 1.66. The normalized spacial score (nSPS) is 32.8. The molecule has 0 aromatic heterocycles.